The Hall–Kier alpha value is -1.01. The van der Waals surface area contributed by atoms with Crippen molar-refractivity contribution in [1.82, 2.24) is 19.9 Å². The summed E-state index contributed by atoms with van der Waals surface area (Å²) >= 11 is 4.67. The Morgan fingerprint density at radius 3 is 2.57 bits per heavy atom. The van der Waals surface area contributed by atoms with Crippen molar-refractivity contribution in [1.29, 1.82) is 0 Å². The third-order valence-electron chi connectivity index (χ3n) is 1.35. The second-order valence-corrected chi connectivity index (χ2v) is 4.11. The fraction of sp³-hybridized carbons (Fsp3) is 0. The maximum absolute atomic E-state index is 4.08. The topological polar surface area (TPSA) is 51.6 Å². The Balaban J connectivity index is 2.19. The van der Waals surface area contributed by atoms with Gasteiger partial charge < -0.3 is 0 Å². The summed E-state index contributed by atoms with van der Waals surface area (Å²) in [5.41, 5.74) is 0. The number of nitrogens with zero attached hydrogens (tertiary/aromatic N) is 4. The molecule has 0 aliphatic carbocycles. The first-order valence-electron chi connectivity index (χ1n) is 3.77. The van der Waals surface area contributed by atoms with Gasteiger partial charge in [-0.3, -0.25) is 0 Å². The maximum atomic E-state index is 4.08. The Labute approximate surface area is 93.4 Å². The van der Waals surface area contributed by atoms with Gasteiger partial charge in [-0.1, -0.05) is 0 Å². The molecule has 0 radical (unpaired) electrons. The first kappa shape index (κ1) is 9.54. The van der Waals surface area contributed by atoms with Crippen LogP contribution in [0.15, 0.2) is 45.6 Å². The number of halogens is 1. The lowest BCUT2D eigenvalue weighted by Gasteiger charge is -1.97. The van der Waals surface area contributed by atoms with Gasteiger partial charge in [-0.15, -0.1) is 0 Å². The van der Waals surface area contributed by atoms with Gasteiger partial charge in [-0.05, 0) is 33.8 Å². The van der Waals surface area contributed by atoms with Crippen LogP contribution < -0.4 is 0 Å². The fourth-order valence-corrected chi connectivity index (χ4v) is 1.95. The van der Waals surface area contributed by atoms with E-state index in [0.29, 0.717) is 5.16 Å². The van der Waals surface area contributed by atoms with Crippen LogP contribution in [0.1, 0.15) is 0 Å². The van der Waals surface area contributed by atoms with Crippen molar-refractivity contribution in [3.8, 4) is 0 Å². The largest absolute Gasteiger partial charge is 0.231 e. The molecule has 0 saturated carbocycles. The van der Waals surface area contributed by atoms with Gasteiger partial charge in [0.15, 0.2) is 5.16 Å². The lowest BCUT2D eigenvalue weighted by Crippen LogP contribution is -1.86. The minimum absolute atomic E-state index is 0.679. The van der Waals surface area contributed by atoms with E-state index in [0.717, 1.165) is 9.63 Å². The van der Waals surface area contributed by atoms with Crippen LogP contribution >= 0.6 is 27.7 Å². The predicted octanol–water partition coefficient (Wildman–Crippen LogP) is 2.18. The van der Waals surface area contributed by atoms with Crippen LogP contribution in [-0.2, 0) is 0 Å². The van der Waals surface area contributed by atoms with Crippen LogP contribution in [0.4, 0.5) is 0 Å². The highest BCUT2D eigenvalue weighted by Crippen LogP contribution is 2.22. The van der Waals surface area contributed by atoms with E-state index in [9.17, 15) is 0 Å². The van der Waals surface area contributed by atoms with E-state index >= 15 is 0 Å². The fourth-order valence-electron chi connectivity index (χ4n) is 0.805. The Morgan fingerprint density at radius 2 is 1.86 bits per heavy atom. The van der Waals surface area contributed by atoms with Crippen molar-refractivity contribution in [3.05, 3.63) is 35.5 Å². The molecule has 2 rings (SSSR count). The monoisotopic (exact) mass is 268 g/mol. The summed E-state index contributed by atoms with van der Waals surface area (Å²) in [4.78, 5) is 16.2. The second-order valence-electron chi connectivity index (χ2n) is 2.31. The smallest absolute Gasteiger partial charge is 0.193 e. The van der Waals surface area contributed by atoms with Crippen LogP contribution in [0.25, 0.3) is 0 Å². The van der Waals surface area contributed by atoms with Gasteiger partial charge in [0.05, 0.1) is 0 Å². The molecule has 0 aromatic carbocycles. The zero-order valence-corrected chi connectivity index (χ0v) is 9.36. The lowest BCUT2D eigenvalue weighted by molar-refractivity contribution is 0.953. The molecule has 0 unspecified atom stereocenters. The Bertz CT molecular complexity index is 423. The zero-order valence-electron chi connectivity index (χ0n) is 6.96. The van der Waals surface area contributed by atoms with Crippen molar-refractivity contribution in [2.45, 2.75) is 10.2 Å². The zero-order chi connectivity index (χ0) is 9.80. The molecule has 0 atom stereocenters. The minimum atomic E-state index is 0.679. The summed E-state index contributed by atoms with van der Waals surface area (Å²) in [5, 5.41) is 1.50. The molecule has 2 aromatic rings. The predicted molar refractivity (Wildman–Crippen MR) is 55.9 cm³/mol. The standard InChI is InChI=1S/C8H5BrN4S/c9-6-4-7(13-5-12-6)14-8-10-2-1-3-11-8/h1-5H. The third-order valence-corrected chi connectivity index (χ3v) is 2.61. The molecule has 0 saturated heterocycles. The van der Waals surface area contributed by atoms with E-state index in [-0.39, 0.29) is 0 Å². The average Bonchev–Trinajstić information content (AvgIpc) is 2.19. The molecule has 0 aliphatic heterocycles. The molecule has 0 fully saturated rings. The summed E-state index contributed by atoms with van der Waals surface area (Å²) in [5.74, 6) is 0. The first-order valence-corrected chi connectivity index (χ1v) is 5.38. The van der Waals surface area contributed by atoms with Crippen molar-refractivity contribution in [3.63, 3.8) is 0 Å². The SMILES string of the molecule is Brc1cc(Sc2ncccn2)ncn1. The van der Waals surface area contributed by atoms with Gasteiger partial charge in [0, 0.05) is 18.5 Å². The Morgan fingerprint density at radius 1 is 1.07 bits per heavy atom. The van der Waals surface area contributed by atoms with Crippen LogP contribution in [0.3, 0.4) is 0 Å². The number of hydrogen-bond acceptors (Lipinski definition) is 5. The molecule has 6 heteroatoms. The highest BCUT2D eigenvalue weighted by Gasteiger charge is 2.01. The average molecular weight is 269 g/mol. The van der Waals surface area contributed by atoms with Gasteiger partial charge in [-0.25, -0.2) is 19.9 Å². The van der Waals surface area contributed by atoms with Gasteiger partial charge in [0.25, 0.3) is 0 Å². The quantitative estimate of drug-likeness (QED) is 0.617. The summed E-state index contributed by atoms with van der Waals surface area (Å²) in [6, 6.07) is 3.60. The number of hydrogen-bond donors (Lipinski definition) is 0. The van der Waals surface area contributed by atoms with Crippen molar-refractivity contribution < 1.29 is 0 Å². The molecule has 2 aromatic heterocycles. The molecular weight excluding hydrogens is 264 g/mol. The molecule has 0 bridgehead atoms. The van der Waals surface area contributed by atoms with Gasteiger partial charge in [-0.2, -0.15) is 0 Å². The molecule has 4 nitrogen and oxygen atoms in total. The molecule has 70 valence electrons. The van der Waals surface area contributed by atoms with Crippen molar-refractivity contribution in [2.24, 2.45) is 0 Å². The number of aromatic nitrogens is 4. The molecule has 14 heavy (non-hydrogen) atoms. The van der Waals surface area contributed by atoms with Crippen LogP contribution in [0.5, 0.6) is 0 Å². The molecular formula is C8H5BrN4S. The van der Waals surface area contributed by atoms with Crippen molar-refractivity contribution >= 4 is 27.7 Å². The van der Waals surface area contributed by atoms with Gasteiger partial charge in [0.1, 0.15) is 16.0 Å². The normalized spacial score (nSPS) is 10.1. The van der Waals surface area contributed by atoms with E-state index in [1.54, 1.807) is 18.5 Å². The summed E-state index contributed by atoms with van der Waals surface area (Å²) < 4.78 is 0.755. The van der Waals surface area contributed by atoms with Crippen LogP contribution in [-0.4, -0.2) is 19.9 Å². The Kier molecular flexibility index (Phi) is 3.05. The molecule has 2 heterocycles. The molecule has 0 N–H and O–H groups in total. The van der Waals surface area contributed by atoms with E-state index in [4.69, 9.17) is 0 Å². The molecule has 0 spiro atoms. The van der Waals surface area contributed by atoms with E-state index in [1.807, 2.05) is 6.07 Å². The summed E-state index contributed by atoms with van der Waals surface area (Å²) in [6.07, 6.45) is 4.90. The summed E-state index contributed by atoms with van der Waals surface area (Å²) in [7, 11) is 0. The van der Waals surface area contributed by atoms with E-state index in [1.165, 1.54) is 18.1 Å². The summed E-state index contributed by atoms with van der Waals surface area (Å²) in [6.45, 7) is 0. The third kappa shape index (κ3) is 2.49. The van der Waals surface area contributed by atoms with Crippen LogP contribution in [0, 0.1) is 0 Å². The molecule has 0 aliphatic rings. The number of rotatable bonds is 2. The highest BCUT2D eigenvalue weighted by molar-refractivity contribution is 9.10. The van der Waals surface area contributed by atoms with Crippen molar-refractivity contribution in [2.75, 3.05) is 0 Å². The lowest BCUT2D eigenvalue weighted by atomic mass is 10.7. The minimum Gasteiger partial charge on any atom is -0.231 e. The van der Waals surface area contributed by atoms with E-state index in [2.05, 4.69) is 35.9 Å². The molecule has 0 amide bonds. The van der Waals surface area contributed by atoms with Gasteiger partial charge >= 0.3 is 0 Å². The maximum Gasteiger partial charge on any atom is 0.193 e. The van der Waals surface area contributed by atoms with Crippen LogP contribution in [0.2, 0.25) is 0 Å². The highest BCUT2D eigenvalue weighted by atomic mass is 79.9. The first-order chi connectivity index (χ1) is 6.84. The second kappa shape index (κ2) is 4.47. The van der Waals surface area contributed by atoms with Gasteiger partial charge in [0.2, 0.25) is 0 Å². The van der Waals surface area contributed by atoms with E-state index < -0.39 is 0 Å².